The third kappa shape index (κ3) is 8.03. The molecule has 22 heavy (non-hydrogen) atoms. The van der Waals surface area contributed by atoms with Gasteiger partial charge in [-0.3, -0.25) is 4.90 Å². The lowest BCUT2D eigenvalue weighted by atomic mass is 10.1. The first-order chi connectivity index (χ1) is 10.6. The van der Waals surface area contributed by atoms with Crippen LogP contribution in [0, 0.1) is 0 Å². The summed E-state index contributed by atoms with van der Waals surface area (Å²) in [6, 6.07) is 8.23. The molecule has 0 saturated carbocycles. The Kier molecular flexibility index (Phi) is 11.2. The fraction of sp³-hybridized carbons (Fsp3) is 0.611. The number of rotatable bonds is 9. The molecule has 0 amide bonds. The van der Waals surface area contributed by atoms with Gasteiger partial charge in [-0.15, -0.1) is 0 Å². The van der Waals surface area contributed by atoms with E-state index in [2.05, 4.69) is 25.7 Å². The van der Waals surface area contributed by atoms with Crippen molar-refractivity contribution in [3.05, 3.63) is 29.8 Å². The van der Waals surface area contributed by atoms with Crippen LogP contribution in [0.5, 0.6) is 5.75 Å². The number of hydrogen-bond acceptors (Lipinski definition) is 3. The maximum Gasteiger partial charge on any atom is 0.341 e. The zero-order valence-electron chi connectivity index (χ0n) is 14.6. The molecule has 126 valence electrons. The Hall–Kier alpha value is -1.55. The molecule has 0 heterocycles. The molecule has 0 bridgehead atoms. The lowest BCUT2D eigenvalue weighted by molar-refractivity contribution is -0.139. The molecule has 0 saturated heterocycles. The minimum atomic E-state index is -0.959. The number of aliphatic carboxylic acids is 1. The van der Waals surface area contributed by atoms with E-state index in [0.29, 0.717) is 11.8 Å². The van der Waals surface area contributed by atoms with Crippen LogP contribution in [-0.4, -0.2) is 35.2 Å². The summed E-state index contributed by atoms with van der Waals surface area (Å²) in [5.74, 6) is -0.361. The number of ether oxygens (including phenoxy) is 1. The van der Waals surface area contributed by atoms with Crippen molar-refractivity contribution in [1.82, 2.24) is 4.90 Å². The number of carboxylic acid groups (broad SMARTS) is 1. The topological polar surface area (TPSA) is 49.8 Å². The normalized spacial score (nSPS) is 11.5. The lowest BCUT2D eigenvalue weighted by Gasteiger charge is -2.27. The maximum absolute atomic E-state index is 10.4. The van der Waals surface area contributed by atoms with Crippen molar-refractivity contribution < 1.29 is 14.6 Å². The number of carbonyl (C=O) groups is 1. The molecular weight excluding hydrogens is 278 g/mol. The highest BCUT2D eigenvalue weighted by atomic mass is 16.5. The molecule has 1 unspecified atom stereocenters. The third-order valence-corrected chi connectivity index (χ3v) is 3.41. The molecule has 0 radical (unpaired) electrons. The average Bonchev–Trinajstić information content (AvgIpc) is 2.53. The van der Waals surface area contributed by atoms with Gasteiger partial charge in [0, 0.05) is 12.6 Å². The van der Waals surface area contributed by atoms with E-state index < -0.39 is 5.97 Å². The Morgan fingerprint density at radius 2 is 1.82 bits per heavy atom. The van der Waals surface area contributed by atoms with Crippen molar-refractivity contribution in [3.8, 4) is 5.75 Å². The Bertz CT molecular complexity index is 403. The average molecular weight is 309 g/mol. The quantitative estimate of drug-likeness (QED) is 0.743. The monoisotopic (exact) mass is 309 g/mol. The summed E-state index contributed by atoms with van der Waals surface area (Å²) in [5.41, 5.74) is 1.22. The maximum atomic E-state index is 10.4. The van der Waals surface area contributed by atoms with Gasteiger partial charge in [0.25, 0.3) is 0 Å². The van der Waals surface area contributed by atoms with Crippen LogP contribution in [0.1, 0.15) is 53.0 Å². The van der Waals surface area contributed by atoms with Crippen molar-refractivity contribution in [1.29, 1.82) is 0 Å². The first kappa shape index (κ1) is 20.5. The first-order valence-corrected chi connectivity index (χ1v) is 8.24. The van der Waals surface area contributed by atoms with Crippen molar-refractivity contribution in [2.24, 2.45) is 0 Å². The van der Waals surface area contributed by atoms with E-state index >= 15 is 0 Å². The van der Waals surface area contributed by atoms with Crippen molar-refractivity contribution in [3.63, 3.8) is 0 Å². The predicted octanol–water partition coefficient (Wildman–Crippen LogP) is 4.19. The second-order valence-electron chi connectivity index (χ2n) is 5.03. The van der Waals surface area contributed by atoms with Gasteiger partial charge in [-0.25, -0.2) is 4.79 Å². The molecule has 1 N–H and O–H groups in total. The Morgan fingerprint density at radius 1 is 1.23 bits per heavy atom. The largest absolute Gasteiger partial charge is 0.482 e. The fourth-order valence-corrected chi connectivity index (χ4v) is 2.25. The molecule has 0 fully saturated rings. The van der Waals surface area contributed by atoms with Gasteiger partial charge < -0.3 is 9.84 Å². The van der Waals surface area contributed by atoms with Crippen molar-refractivity contribution in [2.75, 3.05) is 13.2 Å². The minimum absolute atomic E-state index is 0.298. The number of carboxylic acids is 1. The van der Waals surface area contributed by atoms with Crippen LogP contribution in [-0.2, 0) is 11.3 Å². The summed E-state index contributed by atoms with van der Waals surface area (Å²) in [7, 11) is 0. The Morgan fingerprint density at radius 3 is 2.27 bits per heavy atom. The smallest absolute Gasteiger partial charge is 0.341 e. The standard InChI is InChI=1S/C16H25NO3.C2H6/c1-4-6-13(3)17(5-2)11-14-7-9-15(10-8-14)20-12-16(18)19;1-2/h7-10,13H,4-6,11-12H2,1-3H3,(H,18,19);1-2H3. The zero-order valence-corrected chi connectivity index (χ0v) is 14.6. The van der Waals surface area contributed by atoms with Gasteiger partial charge in [0.15, 0.2) is 6.61 Å². The Balaban J connectivity index is 0.00000211. The lowest BCUT2D eigenvalue weighted by Crippen LogP contribution is -2.32. The summed E-state index contributed by atoms with van der Waals surface area (Å²) in [6.07, 6.45) is 2.40. The molecule has 4 nitrogen and oxygen atoms in total. The molecule has 0 aliphatic carbocycles. The van der Waals surface area contributed by atoms with E-state index in [-0.39, 0.29) is 6.61 Å². The van der Waals surface area contributed by atoms with Gasteiger partial charge in [0.1, 0.15) is 5.75 Å². The Labute approximate surface area is 135 Å². The summed E-state index contributed by atoms with van der Waals surface area (Å²) in [6.45, 7) is 12.3. The highest BCUT2D eigenvalue weighted by molar-refractivity contribution is 5.68. The van der Waals surface area contributed by atoms with E-state index in [1.807, 2.05) is 38.1 Å². The molecular formula is C18H31NO3. The molecule has 4 heteroatoms. The minimum Gasteiger partial charge on any atom is -0.482 e. The van der Waals surface area contributed by atoms with Gasteiger partial charge in [-0.2, -0.15) is 0 Å². The van der Waals surface area contributed by atoms with Crippen LogP contribution in [0.2, 0.25) is 0 Å². The second kappa shape index (κ2) is 12.0. The second-order valence-corrected chi connectivity index (χ2v) is 5.03. The first-order valence-electron chi connectivity index (χ1n) is 8.24. The number of hydrogen-bond donors (Lipinski definition) is 1. The fourth-order valence-electron chi connectivity index (χ4n) is 2.25. The van der Waals surface area contributed by atoms with Crippen LogP contribution >= 0.6 is 0 Å². The molecule has 1 aromatic rings. The summed E-state index contributed by atoms with van der Waals surface area (Å²) in [4.78, 5) is 12.9. The van der Waals surface area contributed by atoms with Gasteiger partial charge in [-0.05, 0) is 37.6 Å². The molecule has 1 aromatic carbocycles. The van der Waals surface area contributed by atoms with E-state index in [1.165, 1.54) is 18.4 Å². The molecule has 1 atom stereocenters. The summed E-state index contributed by atoms with van der Waals surface area (Å²) in [5, 5.41) is 8.56. The summed E-state index contributed by atoms with van der Waals surface area (Å²) < 4.78 is 5.13. The van der Waals surface area contributed by atoms with Crippen LogP contribution < -0.4 is 4.74 Å². The van der Waals surface area contributed by atoms with Crippen LogP contribution in [0.15, 0.2) is 24.3 Å². The van der Waals surface area contributed by atoms with Crippen LogP contribution in [0.25, 0.3) is 0 Å². The number of nitrogens with zero attached hydrogens (tertiary/aromatic N) is 1. The van der Waals surface area contributed by atoms with E-state index in [0.717, 1.165) is 13.1 Å². The molecule has 1 rings (SSSR count). The van der Waals surface area contributed by atoms with Gasteiger partial charge in [0.2, 0.25) is 0 Å². The van der Waals surface area contributed by atoms with E-state index in [9.17, 15) is 4.79 Å². The summed E-state index contributed by atoms with van der Waals surface area (Å²) >= 11 is 0. The third-order valence-electron chi connectivity index (χ3n) is 3.41. The van der Waals surface area contributed by atoms with Gasteiger partial charge in [0.05, 0.1) is 0 Å². The zero-order chi connectivity index (χ0) is 17.0. The van der Waals surface area contributed by atoms with Gasteiger partial charge in [-0.1, -0.05) is 46.2 Å². The number of benzene rings is 1. The highest BCUT2D eigenvalue weighted by Crippen LogP contribution is 2.16. The van der Waals surface area contributed by atoms with E-state index in [4.69, 9.17) is 9.84 Å². The van der Waals surface area contributed by atoms with Crippen LogP contribution in [0.4, 0.5) is 0 Å². The molecule has 0 spiro atoms. The van der Waals surface area contributed by atoms with E-state index in [1.54, 1.807) is 0 Å². The molecule has 0 aliphatic rings. The molecule has 0 aromatic heterocycles. The van der Waals surface area contributed by atoms with Gasteiger partial charge >= 0.3 is 5.97 Å². The molecule has 0 aliphatic heterocycles. The van der Waals surface area contributed by atoms with Crippen molar-refractivity contribution >= 4 is 5.97 Å². The van der Waals surface area contributed by atoms with Crippen LogP contribution in [0.3, 0.4) is 0 Å². The predicted molar refractivity (Wildman–Crippen MR) is 91.4 cm³/mol. The van der Waals surface area contributed by atoms with Crippen molar-refractivity contribution in [2.45, 2.75) is 60.0 Å². The SMILES string of the molecule is CC.CCCC(C)N(CC)Cc1ccc(OCC(=O)O)cc1. The highest BCUT2D eigenvalue weighted by Gasteiger charge is 2.11.